The van der Waals surface area contributed by atoms with E-state index < -0.39 is 24.6 Å². The van der Waals surface area contributed by atoms with Gasteiger partial charge in [0.25, 0.3) is 0 Å². The third kappa shape index (κ3) is 3.43. The molecule has 0 fully saturated rings. The van der Waals surface area contributed by atoms with E-state index in [1.165, 1.54) is 6.92 Å². The zero-order valence-electron chi connectivity index (χ0n) is 6.16. The van der Waals surface area contributed by atoms with Crippen molar-refractivity contribution >= 4 is 57.4 Å². The van der Waals surface area contributed by atoms with E-state index in [-0.39, 0.29) is 51.4 Å². The topological polar surface area (TPSA) is 77.8 Å². The van der Waals surface area contributed by atoms with E-state index >= 15 is 0 Å². The molecule has 0 aromatic rings. The van der Waals surface area contributed by atoms with Gasteiger partial charge < -0.3 is 15.3 Å². The van der Waals surface area contributed by atoms with Crippen LogP contribution in [0.5, 0.6) is 0 Å². The molecule has 0 atom stereocenters. The minimum Gasteiger partial charge on any atom is -0.481 e. The van der Waals surface area contributed by atoms with E-state index in [0.29, 0.717) is 0 Å². The molecule has 0 saturated carbocycles. The van der Waals surface area contributed by atoms with Crippen LogP contribution in [0.3, 0.4) is 0 Å². The number of carboxylic acid groups (broad SMARTS) is 1. The molecule has 0 saturated heterocycles. The van der Waals surface area contributed by atoms with Crippen LogP contribution < -0.4 is 0 Å². The average molecular weight is 173 g/mol. The molecule has 0 aliphatic carbocycles. The van der Waals surface area contributed by atoms with Gasteiger partial charge in [0, 0.05) is 51.4 Å². The monoisotopic (exact) mass is 173 g/mol. The Hall–Kier alpha value is 1.03. The van der Waals surface area contributed by atoms with Gasteiger partial charge in [0.1, 0.15) is 5.41 Å². The molecule has 10 heavy (non-hydrogen) atoms. The Bertz CT molecular complexity index is 110. The first kappa shape index (κ1) is 13.6. The molecule has 0 amide bonds. The standard InChI is InChI=1S/C5H10O4.K/c1-5(2-6,3-7)4(8)9;/h6-7H,2-3H2,1H3,(H,8,9);. The maximum Gasteiger partial charge on any atom is 0.314 e. The third-order valence-corrected chi connectivity index (χ3v) is 1.21. The second kappa shape index (κ2) is 5.65. The van der Waals surface area contributed by atoms with Crippen molar-refractivity contribution in [2.75, 3.05) is 13.2 Å². The number of aliphatic hydroxyl groups excluding tert-OH is 2. The summed E-state index contributed by atoms with van der Waals surface area (Å²) in [6, 6.07) is 0. The number of rotatable bonds is 3. The predicted molar refractivity (Wildman–Crippen MR) is 35.7 cm³/mol. The Morgan fingerprint density at radius 1 is 1.40 bits per heavy atom. The van der Waals surface area contributed by atoms with Gasteiger partial charge in [-0.3, -0.25) is 4.79 Å². The van der Waals surface area contributed by atoms with Crippen molar-refractivity contribution < 1.29 is 20.1 Å². The van der Waals surface area contributed by atoms with Gasteiger partial charge >= 0.3 is 5.97 Å². The molecule has 0 rings (SSSR count). The number of hydrogen-bond donors (Lipinski definition) is 3. The molecule has 0 unspecified atom stereocenters. The molecule has 5 heteroatoms. The van der Waals surface area contributed by atoms with Crippen molar-refractivity contribution in [3.63, 3.8) is 0 Å². The summed E-state index contributed by atoms with van der Waals surface area (Å²) in [7, 11) is 0. The summed E-state index contributed by atoms with van der Waals surface area (Å²) >= 11 is 0. The smallest absolute Gasteiger partial charge is 0.314 e. The van der Waals surface area contributed by atoms with Gasteiger partial charge in [0.2, 0.25) is 0 Å². The zero-order chi connectivity index (χ0) is 7.49. The van der Waals surface area contributed by atoms with Crippen molar-refractivity contribution in [3.05, 3.63) is 0 Å². The fraction of sp³-hybridized carbons (Fsp3) is 0.800. The van der Waals surface area contributed by atoms with Crippen LogP contribution in [-0.2, 0) is 4.79 Å². The van der Waals surface area contributed by atoms with Gasteiger partial charge in [-0.1, -0.05) is 0 Å². The fourth-order valence-electron chi connectivity index (χ4n) is 0.185. The average Bonchev–Trinajstić information content (AvgIpc) is 1.86. The van der Waals surface area contributed by atoms with E-state index in [2.05, 4.69) is 0 Å². The molecule has 0 aliphatic rings. The maximum atomic E-state index is 10.2. The Balaban J connectivity index is 0. The van der Waals surface area contributed by atoms with Crippen molar-refractivity contribution in [3.8, 4) is 0 Å². The maximum absolute atomic E-state index is 10.2. The molecule has 0 aromatic heterocycles. The van der Waals surface area contributed by atoms with Crippen LogP contribution in [0.25, 0.3) is 0 Å². The molecule has 0 aromatic carbocycles. The van der Waals surface area contributed by atoms with Crippen molar-refractivity contribution in [1.82, 2.24) is 0 Å². The van der Waals surface area contributed by atoms with Crippen LogP contribution >= 0.6 is 0 Å². The Morgan fingerprint density at radius 2 is 1.70 bits per heavy atom. The number of hydrogen-bond acceptors (Lipinski definition) is 3. The van der Waals surface area contributed by atoms with E-state index in [1.54, 1.807) is 0 Å². The first-order valence-electron chi connectivity index (χ1n) is 2.52. The van der Waals surface area contributed by atoms with Crippen LogP contribution in [0, 0.1) is 5.41 Å². The molecule has 4 nitrogen and oxygen atoms in total. The van der Waals surface area contributed by atoms with Crippen molar-refractivity contribution in [2.24, 2.45) is 5.41 Å². The van der Waals surface area contributed by atoms with Crippen molar-refractivity contribution in [2.45, 2.75) is 6.92 Å². The van der Waals surface area contributed by atoms with E-state index in [9.17, 15) is 4.79 Å². The van der Waals surface area contributed by atoms with Crippen molar-refractivity contribution in [1.29, 1.82) is 0 Å². The van der Waals surface area contributed by atoms with E-state index in [1.807, 2.05) is 0 Å². The first-order chi connectivity index (χ1) is 4.06. The SMILES string of the molecule is CC(CO)(CO)C(=O)O.[K]. The molecule has 0 aliphatic heterocycles. The summed E-state index contributed by atoms with van der Waals surface area (Å²) in [5.41, 5.74) is -1.39. The Labute approximate surface area is 102 Å². The van der Waals surface area contributed by atoms with E-state index in [0.717, 1.165) is 0 Å². The summed E-state index contributed by atoms with van der Waals surface area (Å²) in [5.74, 6) is -1.19. The third-order valence-electron chi connectivity index (χ3n) is 1.21. The quantitative estimate of drug-likeness (QED) is 0.463. The van der Waals surface area contributed by atoms with Crippen LogP contribution in [-0.4, -0.2) is 85.9 Å². The van der Waals surface area contributed by atoms with E-state index in [4.69, 9.17) is 15.3 Å². The summed E-state index contributed by atoms with van der Waals surface area (Å²) in [5, 5.41) is 25.1. The van der Waals surface area contributed by atoms with Gasteiger partial charge in [-0.05, 0) is 6.92 Å². The molecule has 1 radical (unpaired) electrons. The molecule has 0 spiro atoms. The van der Waals surface area contributed by atoms with Gasteiger partial charge in [-0.15, -0.1) is 0 Å². The number of aliphatic hydroxyl groups is 2. The number of carboxylic acids is 1. The first-order valence-corrected chi connectivity index (χ1v) is 2.52. The summed E-state index contributed by atoms with van der Waals surface area (Å²) < 4.78 is 0. The minimum absolute atomic E-state index is 0. The molecule has 0 bridgehead atoms. The Kier molecular flexibility index (Phi) is 7.68. The number of aliphatic carboxylic acids is 1. The van der Waals surface area contributed by atoms with Gasteiger partial charge in [-0.2, -0.15) is 0 Å². The van der Waals surface area contributed by atoms with Crippen LogP contribution in [0.2, 0.25) is 0 Å². The predicted octanol–water partition coefficient (Wildman–Crippen LogP) is -1.32. The van der Waals surface area contributed by atoms with Gasteiger partial charge in [0.15, 0.2) is 0 Å². The normalized spacial score (nSPS) is 10.3. The van der Waals surface area contributed by atoms with Gasteiger partial charge in [0.05, 0.1) is 13.2 Å². The second-order valence-electron chi connectivity index (χ2n) is 2.18. The second-order valence-corrected chi connectivity index (χ2v) is 2.18. The Morgan fingerprint density at radius 3 is 1.70 bits per heavy atom. The summed E-state index contributed by atoms with van der Waals surface area (Å²) in [6.07, 6.45) is 0. The largest absolute Gasteiger partial charge is 0.481 e. The minimum atomic E-state index is -1.39. The van der Waals surface area contributed by atoms with Crippen LogP contribution in [0.4, 0.5) is 0 Å². The summed E-state index contributed by atoms with van der Waals surface area (Å²) in [6.45, 7) is 0.187. The van der Waals surface area contributed by atoms with Crippen LogP contribution in [0.15, 0.2) is 0 Å². The molecule has 0 heterocycles. The van der Waals surface area contributed by atoms with Crippen LogP contribution in [0.1, 0.15) is 6.92 Å². The zero-order valence-corrected chi connectivity index (χ0v) is 9.29. The molecule has 3 N–H and O–H groups in total. The number of carbonyl (C=O) groups is 1. The molecule has 55 valence electrons. The summed E-state index contributed by atoms with van der Waals surface area (Å²) in [4.78, 5) is 10.2. The molecular formula is C5H10KO4. The van der Waals surface area contributed by atoms with Gasteiger partial charge in [-0.25, -0.2) is 0 Å². The molecular weight excluding hydrogens is 163 g/mol. The fourth-order valence-corrected chi connectivity index (χ4v) is 0.185.